The SMILES string of the molecule is CCOC(C=O)Cc1cccc(Oc2c(F)c(Oc3cccc(-c4nccn4C)c3)nc(Oc3cc(C(=N)N)ccc3O)c2F)c1. The highest BCUT2D eigenvalue weighted by Crippen LogP contribution is 2.41. The number of amidine groups is 1. The monoisotopic (exact) mass is 629 g/mol. The van der Waals surface area contributed by atoms with Crippen LogP contribution in [0.25, 0.3) is 11.4 Å². The summed E-state index contributed by atoms with van der Waals surface area (Å²) in [6, 6.07) is 16.6. The third-order valence-electron chi connectivity index (χ3n) is 6.67. The number of nitrogens with two attached hydrogens (primary N) is 1. The summed E-state index contributed by atoms with van der Waals surface area (Å²) in [7, 11) is 1.81. The number of rotatable bonds is 13. The lowest BCUT2D eigenvalue weighted by Gasteiger charge is -2.16. The number of nitrogens with one attached hydrogen (secondary N) is 1. The number of phenolic OH excluding ortho intramolecular Hbond substituents is 1. The molecule has 11 nitrogen and oxygen atoms in total. The molecule has 0 spiro atoms. The molecule has 0 saturated carbocycles. The molecular formula is C33H29F2N5O6. The van der Waals surface area contributed by atoms with Crippen LogP contribution in [0.15, 0.2) is 79.1 Å². The maximum Gasteiger partial charge on any atom is 0.263 e. The van der Waals surface area contributed by atoms with Gasteiger partial charge >= 0.3 is 0 Å². The molecule has 3 aromatic carbocycles. The molecule has 46 heavy (non-hydrogen) atoms. The number of phenols is 1. The smallest absolute Gasteiger partial charge is 0.263 e. The van der Waals surface area contributed by atoms with E-state index >= 15 is 8.78 Å². The van der Waals surface area contributed by atoms with Gasteiger partial charge in [0.1, 0.15) is 35.5 Å². The van der Waals surface area contributed by atoms with E-state index in [1.807, 2.05) is 7.05 Å². The van der Waals surface area contributed by atoms with Crippen molar-refractivity contribution in [3.05, 3.63) is 102 Å². The number of nitrogens with zero attached hydrogens (tertiary/aromatic N) is 3. The van der Waals surface area contributed by atoms with E-state index in [0.717, 1.165) is 0 Å². The number of hydrogen-bond donors (Lipinski definition) is 3. The zero-order valence-corrected chi connectivity index (χ0v) is 24.7. The van der Waals surface area contributed by atoms with Gasteiger partial charge in [-0.05, 0) is 55.0 Å². The first-order valence-corrected chi connectivity index (χ1v) is 14.0. The molecule has 1 atom stereocenters. The zero-order chi connectivity index (χ0) is 32.8. The lowest BCUT2D eigenvalue weighted by molar-refractivity contribution is -0.117. The van der Waals surface area contributed by atoms with Gasteiger partial charge in [0.05, 0.1) is 0 Å². The average Bonchev–Trinajstić information content (AvgIpc) is 3.48. The predicted molar refractivity (Wildman–Crippen MR) is 164 cm³/mol. The fourth-order valence-corrected chi connectivity index (χ4v) is 4.47. The Morgan fingerprint density at radius 1 is 1.02 bits per heavy atom. The van der Waals surface area contributed by atoms with Gasteiger partial charge in [0.2, 0.25) is 17.4 Å². The normalized spacial score (nSPS) is 11.6. The molecule has 13 heteroatoms. The first-order valence-electron chi connectivity index (χ1n) is 14.0. The van der Waals surface area contributed by atoms with Crippen LogP contribution in [0.5, 0.6) is 40.5 Å². The van der Waals surface area contributed by atoms with Crippen LogP contribution in [0.4, 0.5) is 8.78 Å². The summed E-state index contributed by atoms with van der Waals surface area (Å²) < 4.78 is 56.2. The number of hydrogen-bond acceptors (Lipinski definition) is 9. The molecule has 4 N–H and O–H groups in total. The quantitative estimate of drug-likeness (QED) is 0.0776. The van der Waals surface area contributed by atoms with Crippen molar-refractivity contribution in [1.82, 2.24) is 14.5 Å². The van der Waals surface area contributed by atoms with Gasteiger partial charge in [0.15, 0.2) is 11.5 Å². The van der Waals surface area contributed by atoms with E-state index in [0.29, 0.717) is 29.8 Å². The molecular weight excluding hydrogens is 600 g/mol. The van der Waals surface area contributed by atoms with Crippen LogP contribution in [-0.2, 0) is 23.0 Å². The maximum absolute atomic E-state index is 16.0. The number of aromatic nitrogens is 3. The molecule has 0 fully saturated rings. The van der Waals surface area contributed by atoms with Gasteiger partial charge in [-0.15, -0.1) is 0 Å². The molecule has 5 rings (SSSR count). The Hall–Kier alpha value is -5.82. The molecule has 0 aliphatic heterocycles. The summed E-state index contributed by atoms with van der Waals surface area (Å²) in [5.41, 5.74) is 7.00. The molecule has 2 heterocycles. The summed E-state index contributed by atoms with van der Waals surface area (Å²) >= 11 is 0. The predicted octanol–water partition coefficient (Wildman–Crippen LogP) is 6.27. The molecule has 2 aromatic heterocycles. The Kier molecular flexibility index (Phi) is 9.53. The number of aldehydes is 1. The molecule has 1 unspecified atom stereocenters. The lowest BCUT2D eigenvalue weighted by atomic mass is 10.1. The van der Waals surface area contributed by atoms with E-state index in [2.05, 4.69) is 9.97 Å². The summed E-state index contributed by atoms with van der Waals surface area (Å²) in [4.78, 5) is 19.6. The number of imidazole rings is 1. The average molecular weight is 630 g/mol. The highest BCUT2D eigenvalue weighted by atomic mass is 19.1. The Bertz CT molecular complexity index is 1900. The summed E-state index contributed by atoms with van der Waals surface area (Å²) in [5.74, 6) is -5.28. The van der Waals surface area contributed by atoms with Crippen molar-refractivity contribution in [3.8, 4) is 51.9 Å². The van der Waals surface area contributed by atoms with E-state index in [-0.39, 0.29) is 35.1 Å². The van der Waals surface area contributed by atoms with Gasteiger partial charge in [-0.25, -0.2) is 4.98 Å². The van der Waals surface area contributed by atoms with Gasteiger partial charge in [-0.3, -0.25) is 5.41 Å². The second-order valence-electron chi connectivity index (χ2n) is 9.95. The lowest BCUT2D eigenvalue weighted by Crippen LogP contribution is -2.17. The molecule has 0 amide bonds. The van der Waals surface area contributed by atoms with Crippen LogP contribution in [-0.4, -0.2) is 44.5 Å². The first kappa shape index (κ1) is 31.6. The van der Waals surface area contributed by atoms with Crippen LogP contribution in [0.2, 0.25) is 0 Å². The Labute approximate surface area is 262 Å². The summed E-state index contributed by atoms with van der Waals surface area (Å²) in [5, 5.41) is 18.0. The standard InChI is InChI=1S/C33H29F2N5O6/c1-3-43-24(18-41)15-19-6-4-8-22(14-19)44-29-27(34)32(45-23-9-5-7-21(16-23)31-38-12-13-40(31)2)39-33(28(29)35)46-26-17-20(30(36)37)10-11-25(26)42/h4-14,16-18,24,42H,3,15H2,1-2H3,(H3,36,37). The minimum Gasteiger partial charge on any atom is -0.504 e. The number of aryl methyl sites for hydroxylation is 1. The van der Waals surface area contributed by atoms with Crippen molar-refractivity contribution >= 4 is 12.1 Å². The number of carbonyl (C=O) groups is 1. The van der Waals surface area contributed by atoms with E-state index in [4.69, 9.17) is 30.1 Å². The second-order valence-corrected chi connectivity index (χ2v) is 9.95. The van der Waals surface area contributed by atoms with Crippen molar-refractivity contribution in [2.75, 3.05) is 6.61 Å². The van der Waals surface area contributed by atoms with E-state index < -0.39 is 41.0 Å². The molecule has 0 aliphatic rings. The fourth-order valence-electron chi connectivity index (χ4n) is 4.47. The Balaban J connectivity index is 1.55. The number of benzene rings is 3. The van der Waals surface area contributed by atoms with E-state index in [1.54, 1.807) is 60.3 Å². The topological polar surface area (TPSA) is 155 Å². The highest BCUT2D eigenvalue weighted by Gasteiger charge is 2.27. The van der Waals surface area contributed by atoms with Crippen molar-refractivity contribution in [2.24, 2.45) is 12.8 Å². The third-order valence-corrected chi connectivity index (χ3v) is 6.67. The second kappa shape index (κ2) is 13.9. The summed E-state index contributed by atoms with van der Waals surface area (Å²) in [6.45, 7) is 2.09. The van der Waals surface area contributed by atoms with E-state index in [9.17, 15) is 9.90 Å². The van der Waals surface area contributed by atoms with Gasteiger partial charge < -0.3 is 39.1 Å². The third kappa shape index (κ3) is 7.11. The minimum absolute atomic E-state index is 0.0396. The molecule has 0 radical (unpaired) electrons. The van der Waals surface area contributed by atoms with Gasteiger partial charge in [-0.2, -0.15) is 13.8 Å². The molecule has 236 valence electrons. The minimum atomic E-state index is -1.34. The van der Waals surface area contributed by atoms with Crippen LogP contribution in [0, 0.1) is 17.0 Å². The Morgan fingerprint density at radius 2 is 1.74 bits per heavy atom. The van der Waals surface area contributed by atoms with Crippen molar-refractivity contribution < 1.29 is 37.6 Å². The van der Waals surface area contributed by atoms with Crippen LogP contribution in [0.3, 0.4) is 0 Å². The van der Waals surface area contributed by atoms with E-state index in [1.165, 1.54) is 30.3 Å². The molecule has 0 saturated heterocycles. The van der Waals surface area contributed by atoms with Crippen LogP contribution in [0.1, 0.15) is 18.1 Å². The number of pyridine rings is 1. The molecule has 0 aliphatic carbocycles. The zero-order valence-electron chi connectivity index (χ0n) is 24.7. The van der Waals surface area contributed by atoms with Crippen LogP contribution >= 0.6 is 0 Å². The largest absolute Gasteiger partial charge is 0.504 e. The van der Waals surface area contributed by atoms with Crippen molar-refractivity contribution in [3.63, 3.8) is 0 Å². The number of halogens is 2. The van der Waals surface area contributed by atoms with Crippen LogP contribution < -0.4 is 19.9 Å². The molecule has 0 bridgehead atoms. The highest BCUT2D eigenvalue weighted by molar-refractivity contribution is 5.95. The maximum atomic E-state index is 16.0. The van der Waals surface area contributed by atoms with Gasteiger partial charge in [0, 0.05) is 43.6 Å². The number of nitrogen functional groups attached to an aromatic ring is 1. The Morgan fingerprint density at radius 3 is 2.41 bits per heavy atom. The summed E-state index contributed by atoms with van der Waals surface area (Å²) in [6.07, 6.45) is 3.55. The fraction of sp³-hybridized carbons (Fsp3) is 0.152. The van der Waals surface area contributed by atoms with Gasteiger partial charge in [-0.1, -0.05) is 24.3 Å². The van der Waals surface area contributed by atoms with Crippen molar-refractivity contribution in [1.29, 1.82) is 5.41 Å². The molecule has 5 aromatic rings. The van der Waals surface area contributed by atoms with Crippen molar-refractivity contribution in [2.45, 2.75) is 19.4 Å². The number of ether oxygens (including phenoxy) is 4. The number of aromatic hydroxyl groups is 1. The van der Waals surface area contributed by atoms with Gasteiger partial charge in [0.25, 0.3) is 11.8 Å². The first-order chi connectivity index (χ1) is 22.2. The number of carbonyl (C=O) groups excluding carboxylic acids is 1.